The van der Waals surface area contributed by atoms with Crippen LogP contribution in [0.5, 0.6) is 0 Å². The molecule has 20 heteroatoms. The topological polar surface area (TPSA) is 272 Å². The van der Waals surface area contributed by atoms with E-state index in [2.05, 4.69) is 21.6 Å². The van der Waals surface area contributed by atoms with Crippen LogP contribution in [0.1, 0.15) is 33.4 Å². The summed E-state index contributed by atoms with van der Waals surface area (Å²) in [6.07, 6.45) is 0. The predicted octanol–water partition coefficient (Wildman–Crippen LogP) is 8.31. The molecule has 0 heterocycles. The molecule has 0 aromatic heterocycles. The van der Waals surface area contributed by atoms with Gasteiger partial charge in [0.2, 0.25) is 0 Å². The summed E-state index contributed by atoms with van der Waals surface area (Å²) in [5, 5.41) is 12.5. The first-order valence-corrected chi connectivity index (χ1v) is 20.4. The molecule has 8 N–H and O–H groups in total. The van der Waals surface area contributed by atoms with Gasteiger partial charge in [0.1, 0.15) is 5.88 Å². The maximum absolute atomic E-state index is 10.5. The molecule has 0 aliphatic heterocycles. The second-order valence-corrected chi connectivity index (χ2v) is 14.9. The van der Waals surface area contributed by atoms with Crippen LogP contribution in [-0.2, 0) is 31.3 Å². The number of nitrogen functional groups attached to an aromatic ring is 3. The van der Waals surface area contributed by atoms with Gasteiger partial charge < -0.3 is 22.5 Å². The predicted molar refractivity (Wildman–Crippen MR) is 227 cm³/mol. The summed E-state index contributed by atoms with van der Waals surface area (Å²) < 4.78 is 80.2. The number of azo groups is 1. The van der Waals surface area contributed by atoms with Crippen molar-refractivity contribution in [2.45, 2.75) is 41.5 Å². The number of nitrogens with two attached hydrogens (primary N) is 3. The van der Waals surface area contributed by atoms with E-state index < -0.39 is 37.2 Å². The third-order valence-corrected chi connectivity index (χ3v) is 7.84. The molecule has 0 saturated heterocycles. The molecule has 5 aromatic carbocycles. The van der Waals surface area contributed by atoms with Gasteiger partial charge in [0.15, 0.2) is 0 Å². The molecule has 5 aromatic rings. The number of aryl methyl sites for hydroxylation is 6. The van der Waals surface area contributed by atoms with Crippen molar-refractivity contribution < 1.29 is 38.2 Å². The molecule has 0 aliphatic carbocycles. The lowest BCUT2D eigenvalue weighted by Gasteiger charge is -2.08. The fourth-order valence-electron chi connectivity index (χ4n) is 3.87. The summed E-state index contributed by atoms with van der Waals surface area (Å²) in [6.45, 7) is 11.7. The maximum Gasteiger partial charge on any atom is 0.425 e. The lowest BCUT2D eigenvalue weighted by Crippen LogP contribution is -2.13. The SMILES string of the molecule is Cc1cc(N=Nc2ccc(Cl)cc2)c(C)cc1N.Cc1ccc(C)c(N)c1.Cc1ccc(C)c(NCS(=O)(=O)O)c1.Nc1ccc(Cl)cc1.O=S(=O)=O.O=S(=O)=O. The normalized spacial score (nSPS) is 9.91. The highest BCUT2D eigenvalue weighted by Gasteiger charge is 2.05. The molecule has 308 valence electrons. The summed E-state index contributed by atoms with van der Waals surface area (Å²) in [5.74, 6) is -0.461. The van der Waals surface area contributed by atoms with Gasteiger partial charge >= 0.3 is 21.2 Å². The Morgan fingerprint density at radius 2 is 1.02 bits per heavy atom. The molecule has 15 nitrogen and oxygen atoms in total. The van der Waals surface area contributed by atoms with E-state index >= 15 is 0 Å². The van der Waals surface area contributed by atoms with Gasteiger partial charge in [0.05, 0.1) is 11.4 Å². The highest BCUT2D eigenvalue weighted by molar-refractivity contribution is 7.85. The van der Waals surface area contributed by atoms with Crippen molar-refractivity contribution in [2.24, 2.45) is 10.2 Å². The minimum atomic E-state index is -3.96. The number of nitrogens with one attached hydrogen (secondary N) is 1. The van der Waals surface area contributed by atoms with Crippen LogP contribution in [0.15, 0.2) is 107 Å². The fourth-order valence-corrected chi connectivity index (χ4v) is 4.46. The number of anilines is 4. The van der Waals surface area contributed by atoms with Crippen LogP contribution in [0, 0.1) is 41.5 Å². The average molecular weight is 884 g/mol. The van der Waals surface area contributed by atoms with Crippen molar-refractivity contribution in [1.29, 1.82) is 0 Å². The van der Waals surface area contributed by atoms with Crippen molar-refractivity contribution >= 4 is 88.7 Å². The molecular formula is C37H44Cl2N6O9S3. The zero-order valence-corrected chi connectivity index (χ0v) is 35.7. The third kappa shape index (κ3) is 26.2. The number of rotatable bonds is 5. The zero-order valence-electron chi connectivity index (χ0n) is 31.8. The number of benzene rings is 5. The lowest BCUT2D eigenvalue weighted by molar-refractivity contribution is 0.485. The molecule has 0 saturated carbocycles. The first kappa shape index (κ1) is 51.6. The van der Waals surface area contributed by atoms with Crippen LogP contribution in [0.25, 0.3) is 0 Å². The van der Waals surface area contributed by atoms with Crippen LogP contribution in [0.3, 0.4) is 0 Å². The highest BCUT2D eigenvalue weighted by Crippen LogP contribution is 2.27. The zero-order chi connectivity index (χ0) is 43.9. The van der Waals surface area contributed by atoms with Crippen molar-refractivity contribution in [3.63, 3.8) is 0 Å². The Balaban J connectivity index is 0.000000715. The minimum Gasteiger partial charge on any atom is -0.399 e. The number of halogens is 2. The summed E-state index contributed by atoms with van der Waals surface area (Å²) >= 11 is 11.4. The molecule has 5 rings (SSSR count). The maximum atomic E-state index is 10.5. The van der Waals surface area contributed by atoms with E-state index in [9.17, 15) is 8.42 Å². The van der Waals surface area contributed by atoms with Gasteiger partial charge in [-0.05, 0) is 148 Å². The second kappa shape index (κ2) is 26.5. The van der Waals surface area contributed by atoms with Gasteiger partial charge in [0.25, 0.3) is 10.1 Å². The number of hydrogen-bond acceptors (Lipinski definition) is 14. The van der Waals surface area contributed by atoms with Gasteiger partial charge in [-0.15, -0.1) is 25.3 Å². The second-order valence-electron chi connectivity index (χ2n) is 11.7. The average Bonchev–Trinajstić information content (AvgIpc) is 3.10. The molecule has 0 unspecified atom stereocenters. The Morgan fingerprint density at radius 3 is 1.46 bits per heavy atom. The van der Waals surface area contributed by atoms with Gasteiger partial charge in [-0.1, -0.05) is 47.5 Å². The van der Waals surface area contributed by atoms with Crippen LogP contribution >= 0.6 is 23.2 Å². The van der Waals surface area contributed by atoms with Crippen molar-refractivity contribution in [1.82, 2.24) is 0 Å². The van der Waals surface area contributed by atoms with Crippen molar-refractivity contribution in [3.8, 4) is 0 Å². The summed E-state index contributed by atoms with van der Waals surface area (Å²) in [4.78, 5) is 0. The van der Waals surface area contributed by atoms with Crippen molar-refractivity contribution in [3.05, 3.63) is 140 Å². The molecule has 0 atom stereocenters. The molecule has 57 heavy (non-hydrogen) atoms. The first-order valence-electron chi connectivity index (χ1n) is 16.1. The van der Waals surface area contributed by atoms with Crippen LogP contribution in [0.2, 0.25) is 10.0 Å². The standard InChI is InChI=1S/C14H14ClN3.C9H13NO3S.C8H11N.C6H6ClN.2O3S/c1-9-8-14(10(2)7-13(9)16)18-17-12-5-3-11(15)4-6-12;1-7-3-4-8(2)9(5-7)10-6-14(11,12)13;1-6-3-4-7(2)8(9)5-6;7-5-1-3-6(8)4-2-5;2*1-4(2)3/h3-8H,16H2,1-2H3;3-5,10H,6H2,1-2H3,(H,11,12,13);3-5H,9H2,1-2H3;1-4H,8H2;;. The van der Waals surface area contributed by atoms with E-state index in [1.807, 2.05) is 96.1 Å². The Kier molecular flexibility index (Phi) is 24.0. The fraction of sp³-hybridized carbons (Fsp3) is 0.189. The van der Waals surface area contributed by atoms with Crippen LogP contribution in [-0.4, -0.2) is 44.1 Å². The van der Waals surface area contributed by atoms with E-state index in [-0.39, 0.29) is 0 Å². The Bertz CT molecular complexity index is 2360. The Morgan fingerprint density at radius 1 is 0.579 bits per heavy atom. The van der Waals surface area contributed by atoms with E-state index in [4.69, 9.17) is 70.2 Å². The van der Waals surface area contributed by atoms with Crippen LogP contribution in [0.4, 0.5) is 34.1 Å². The molecule has 0 radical (unpaired) electrons. The molecule has 0 aliphatic rings. The van der Waals surface area contributed by atoms with Gasteiger partial charge in [-0.25, -0.2) is 0 Å². The monoisotopic (exact) mass is 882 g/mol. The Labute approximate surface area is 345 Å². The number of hydrogen-bond donors (Lipinski definition) is 5. The van der Waals surface area contributed by atoms with Gasteiger partial charge in [-0.2, -0.15) is 18.6 Å². The van der Waals surface area contributed by atoms with Crippen LogP contribution < -0.4 is 22.5 Å². The highest BCUT2D eigenvalue weighted by atomic mass is 35.5. The largest absolute Gasteiger partial charge is 0.425 e. The van der Waals surface area contributed by atoms with E-state index in [1.54, 1.807) is 36.4 Å². The van der Waals surface area contributed by atoms with E-state index in [1.165, 1.54) is 5.56 Å². The molecule has 0 bridgehead atoms. The Hall–Kier alpha value is -5.37. The molecule has 0 amide bonds. The summed E-state index contributed by atoms with van der Waals surface area (Å²) in [5.41, 5.74) is 27.9. The third-order valence-electron chi connectivity index (χ3n) is 6.83. The van der Waals surface area contributed by atoms with Gasteiger partial charge in [0, 0.05) is 32.8 Å². The summed E-state index contributed by atoms with van der Waals surface area (Å²) in [6, 6.07) is 29.9. The molecule has 0 spiro atoms. The smallest absolute Gasteiger partial charge is 0.399 e. The molecular weight excluding hydrogens is 840 g/mol. The van der Waals surface area contributed by atoms with Gasteiger partial charge in [-0.3, -0.25) is 4.55 Å². The van der Waals surface area contributed by atoms with E-state index in [0.29, 0.717) is 5.02 Å². The lowest BCUT2D eigenvalue weighted by atomic mass is 10.1. The quantitative estimate of drug-likeness (QED) is 0.0632. The first-order chi connectivity index (χ1) is 26.4. The molecule has 0 fully saturated rings. The minimum absolute atomic E-state index is 0.461. The van der Waals surface area contributed by atoms with E-state index in [0.717, 1.165) is 67.0 Å². The van der Waals surface area contributed by atoms with Crippen molar-refractivity contribution in [2.75, 3.05) is 28.4 Å². The number of nitrogens with zero attached hydrogens (tertiary/aromatic N) is 2. The summed E-state index contributed by atoms with van der Waals surface area (Å²) in [7, 11) is -10.2.